The number of aromatic hydroxyl groups is 2. The zero-order valence-corrected chi connectivity index (χ0v) is 47.3. The van der Waals surface area contributed by atoms with Crippen LogP contribution in [0.4, 0.5) is 27.0 Å². The molecular weight excluding hydrogens is 1160 g/mol. The lowest BCUT2D eigenvalue weighted by molar-refractivity contribution is 0.0587. The number of hydrogen-bond acceptors (Lipinski definition) is 31. The molecule has 0 aliphatic heterocycles. The van der Waals surface area contributed by atoms with E-state index in [0.29, 0.717) is 46.1 Å². The molecule has 0 bridgehead atoms. The standard InChI is InChI=1S/C9H15N3O5S2.C9H14N2O3S.C6H7NO3S.C5H5NO3S.C4H3NO3S.C3H5N3O3S2/c1-9(2,3)17-8(13)11-6-5(16-4)7(18-12-6)19(10,14)15;1-9(2,3)14-8(12)10-7-6(13-4)5-15-11-7;1-9-4-3-11-7-5(4)6(8)10-2;1-9-3-2-10-6-4(3)5(7)8;6-2-1-9-5-3(2)4(7)8;4-2-1(7)3(10-6-2)11(5,8)9/h1-4H3,(H2,10,14,15)(H,11,12,13);5H,1-4H3,(H,10,11,12);3H,1-2H3;2H,1H3,(H,7,8);1,6H,(H,7,8);7H,(H2,4,6)(H2,5,8,9). The molecule has 0 atom stereocenters. The normalized spacial score (nSPS) is 10.7. The van der Waals surface area contributed by atoms with E-state index in [1.807, 2.05) is 0 Å². The van der Waals surface area contributed by atoms with Crippen LogP contribution in [0, 0.1) is 0 Å². The van der Waals surface area contributed by atoms with Crippen LogP contribution in [0.25, 0.3) is 0 Å². The van der Waals surface area contributed by atoms with E-state index in [1.165, 1.54) is 52.5 Å². The van der Waals surface area contributed by atoms with Gasteiger partial charge in [0, 0.05) is 0 Å². The maximum Gasteiger partial charge on any atom is 0.413 e. The molecule has 6 aromatic heterocycles. The predicted molar refractivity (Wildman–Crippen MR) is 274 cm³/mol. The van der Waals surface area contributed by atoms with Gasteiger partial charge in [0.2, 0.25) is 17.1 Å². The first-order chi connectivity index (χ1) is 34.6. The van der Waals surface area contributed by atoms with Crippen LogP contribution in [0.15, 0.2) is 29.9 Å². The van der Waals surface area contributed by atoms with E-state index in [9.17, 15) is 40.8 Å². The smallest absolute Gasteiger partial charge is 0.413 e. The van der Waals surface area contributed by atoms with Crippen molar-refractivity contribution in [2.24, 2.45) is 10.3 Å². The molecule has 6 heterocycles. The van der Waals surface area contributed by atoms with Crippen molar-refractivity contribution in [3.8, 4) is 34.5 Å². The number of nitrogens with zero attached hydrogens (tertiary/aromatic N) is 6. The molecule has 0 spiro atoms. The van der Waals surface area contributed by atoms with E-state index in [2.05, 4.69) is 41.6 Å². The van der Waals surface area contributed by atoms with E-state index in [4.69, 9.17) is 64.9 Å². The first kappa shape index (κ1) is 66.2. The number of methoxy groups -OCH3 is 5. The van der Waals surface area contributed by atoms with Crippen LogP contribution in [-0.4, -0.2) is 140 Å². The van der Waals surface area contributed by atoms with E-state index in [1.54, 1.807) is 57.7 Å². The van der Waals surface area contributed by atoms with Crippen molar-refractivity contribution >= 4 is 137 Å². The van der Waals surface area contributed by atoms with Crippen molar-refractivity contribution in [3.05, 3.63) is 38.6 Å². The van der Waals surface area contributed by atoms with E-state index < -0.39 is 71.3 Å². The molecule has 0 saturated carbocycles. The molecule has 0 saturated heterocycles. The van der Waals surface area contributed by atoms with Gasteiger partial charge in [-0.15, -0.1) is 0 Å². The Bertz CT molecular complexity index is 3040. The minimum Gasteiger partial charge on any atom is -0.505 e. The third-order valence-electron chi connectivity index (χ3n) is 6.85. The van der Waals surface area contributed by atoms with Crippen molar-refractivity contribution in [1.82, 2.24) is 26.2 Å². The minimum absolute atomic E-state index is 0.0208. The number of carboxylic acid groups (broad SMARTS) is 2. The summed E-state index contributed by atoms with van der Waals surface area (Å²) in [5.74, 6) is -2.26. The summed E-state index contributed by atoms with van der Waals surface area (Å²) in [7, 11) is -0.875. The van der Waals surface area contributed by atoms with Crippen molar-refractivity contribution in [2.45, 2.75) is 61.2 Å². The number of anilines is 3. The Balaban J connectivity index is 0.000000459. The molecule has 0 unspecified atom stereocenters. The Hall–Kier alpha value is -6.85. The third kappa shape index (κ3) is 23.1. The summed E-state index contributed by atoms with van der Waals surface area (Å²) in [6, 6.07) is 0. The van der Waals surface area contributed by atoms with Gasteiger partial charge >= 0.3 is 30.1 Å². The molecule has 0 radical (unpaired) electrons. The van der Waals surface area contributed by atoms with Gasteiger partial charge < -0.3 is 59.3 Å². The average molecular weight is 1210 g/mol. The number of nitrogen functional groups attached to an aromatic ring is 1. The molecule has 75 heavy (non-hydrogen) atoms. The number of aromatic carboxylic acids is 2. The second-order valence-electron chi connectivity index (χ2n) is 14.7. The quantitative estimate of drug-likeness (QED) is 0.0604. The van der Waals surface area contributed by atoms with Crippen molar-refractivity contribution < 1.29 is 94.4 Å². The second kappa shape index (κ2) is 29.9. The van der Waals surface area contributed by atoms with Gasteiger partial charge in [0.1, 0.15) is 11.2 Å². The fourth-order valence-corrected chi connectivity index (χ4v) is 9.22. The fraction of sp³-hybridized carbons (Fsp3) is 0.361. The number of hydrogen-bond donors (Lipinski definition) is 9. The van der Waals surface area contributed by atoms with Gasteiger partial charge in [-0.2, -0.15) is 26.2 Å². The van der Waals surface area contributed by atoms with Crippen LogP contribution >= 0.6 is 69.2 Å². The van der Waals surface area contributed by atoms with Gasteiger partial charge in [-0.1, -0.05) is 0 Å². The lowest BCUT2D eigenvalue weighted by Gasteiger charge is -2.19. The highest BCUT2D eigenvalue weighted by Crippen LogP contribution is 2.35. The molecule has 0 aliphatic carbocycles. The molecule has 6 rings (SSSR count). The third-order valence-corrected chi connectivity index (χ3v) is 13.8. The summed E-state index contributed by atoms with van der Waals surface area (Å²) in [4.78, 5) is 54.2. The molecule has 6 aromatic rings. The SMILES string of the molecule is COC(=O)c1nscc1OC.COc1c(NC(=O)OC(C)(C)C)nsc1S(N)(=O)=O.COc1csnc1C(=O)O.COc1csnc1NC(=O)OC(C)(C)C.Nc1nsc(S(N)(=O)=O)c1O.O=C(O)c1nscc1O. The number of nitrogens with two attached hydrogens (primary N) is 3. The molecule has 2 amide bonds. The van der Waals surface area contributed by atoms with E-state index in [-0.39, 0.29) is 44.4 Å². The first-order valence-corrected chi connectivity index (χ1v) is 27.3. The minimum atomic E-state index is -3.96. The second-order valence-corrected chi connectivity index (χ2v) is 22.3. The number of rotatable bonds is 11. The van der Waals surface area contributed by atoms with E-state index in [0.717, 1.165) is 34.6 Å². The number of sulfonamides is 2. The largest absolute Gasteiger partial charge is 0.505 e. The summed E-state index contributed by atoms with van der Waals surface area (Å²) in [6.45, 7) is 10.5. The molecule has 0 aliphatic rings. The molecule has 0 fully saturated rings. The van der Waals surface area contributed by atoms with Crippen molar-refractivity contribution in [2.75, 3.05) is 51.9 Å². The maximum absolute atomic E-state index is 11.6. The van der Waals surface area contributed by atoms with Crippen LogP contribution in [0.5, 0.6) is 34.5 Å². The number of esters is 1. The van der Waals surface area contributed by atoms with Gasteiger partial charge in [-0.05, 0) is 111 Å². The maximum atomic E-state index is 11.6. The molecule has 0 aromatic carbocycles. The van der Waals surface area contributed by atoms with Gasteiger partial charge in [-0.3, -0.25) is 10.6 Å². The van der Waals surface area contributed by atoms with E-state index >= 15 is 0 Å². The number of carbonyl (C=O) groups is 5. The first-order valence-electron chi connectivity index (χ1n) is 19.3. The monoisotopic (exact) mass is 1210 g/mol. The molecule has 416 valence electrons. The van der Waals surface area contributed by atoms with Crippen molar-refractivity contribution in [3.63, 3.8) is 0 Å². The number of nitrogens with one attached hydrogen (secondary N) is 2. The lowest BCUT2D eigenvalue weighted by Crippen LogP contribution is -2.27. The van der Waals surface area contributed by atoms with Gasteiger partial charge in [0.15, 0.2) is 60.4 Å². The summed E-state index contributed by atoms with van der Waals surface area (Å²) in [5.41, 5.74) is 3.80. The summed E-state index contributed by atoms with van der Waals surface area (Å²) in [5, 5.41) is 55.0. The van der Waals surface area contributed by atoms with Gasteiger partial charge in [0.05, 0.1) is 57.1 Å². The average Bonchev–Trinajstić information content (AvgIpc) is 4.16. The Morgan fingerprint density at radius 2 is 0.973 bits per heavy atom. The number of primary sulfonamides is 2. The molecular formula is C36H49N11O20S8. The van der Waals surface area contributed by atoms with Crippen LogP contribution in [0.3, 0.4) is 0 Å². The number of carbonyl (C=O) groups excluding carboxylic acids is 3. The van der Waals surface area contributed by atoms with Crippen LogP contribution < -0.4 is 45.6 Å². The highest BCUT2D eigenvalue weighted by Gasteiger charge is 2.26. The highest BCUT2D eigenvalue weighted by atomic mass is 32.3. The highest BCUT2D eigenvalue weighted by molar-refractivity contribution is 7.91. The lowest BCUT2D eigenvalue weighted by atomic mass is 10.2. The van der Waals surface area contributed by atoms with Gasteiger partial charge in [-0.25, -0.2) is 51.1 Å². The Morgan fingerprint density at radius 1 is 0.560 bits per heavy atom. The van der Waals surface area contributed by atoms with Crippen LogP contribution in [-0.2, 0) is 34.3 Å². The number of ether oxygens (including phenoxy) is 7. The fourth-order valence-electron chi connectivity index (χ4n) is 3.94. The zero-order chi connectivity index (χ0) is 57.6. The molecule has 39 heteroatoms. The summed E-state index contributed by atoms with van der Waals surface area (Å²) < 4.78 is 99.0. The van der Waals surface area contributed by atoms with Crippen molar-refractivity contribution in [1.29, 1.82) is 0 Å². The topological polar surface area (TPSA) is 479 Å². The zero-order valence-electron chi connectivity index (χ0n) is 40.8. The number of aromatic nitrogens is 6. The molecule has 12 N–H and O–H groups in total. The number of amides is 2. The Morgan fingerprint density at radius 3 is 1.32 bits per heavy atom. The summed E-state index contributed by atoms with van der Waals surface area (Å²) in [6.07, 6.45) is -1.30. The Kier molecular flexibility index (Phi) is 26.4. The van der Waals surface area contributed by atoms with Crippen LogP contribution in [0.1, 0.15) is 73.0 Å². The molecule has 31 nitrogen and oxygen atoms in total. The van der Waals surface area contributed by atoms with Crippen LogP contribution in [0.2, 0.25) is 0 Å². The summed E-state index contributed by atoms with van der Waals surface area (Å²) >= 11 is 5.50. The predicted octanol–water partition coefficient (Wildman–Crippen LogP) is 5.06. The Labute approximate surface area is 451 Å². The number of carboxylic acids is 2. The van der Waals surface area contributed by atoms with Gasteiger partial charge in [0.25, 0.3) is 20.0 Å².